The summed E-state index contributed by atoms with van der Waals surface area (Å²) in [5.74, 6) is 1.51. The van der Waals surface area contributed by atoms with E-state index in [2.05, 4.69) is 35.4 Å². The van der Waals surface area contributed by atoms with E-state index in [0.717, 1.165) is 48.8 Å². The van der Waals surface area contributed by atoms with Gasteiger partial charge in [0.05, 0.1) is 15.8 Å². The van der Waals surface area contributed by atoms with Gasteiger partial charge in [-0.1, -0.05) is 0 Å². The highest BCUT2D eigenvalue weighted by Crippen LogP contribution is 2.38. The average molecular weight is 412 g/mol. The first kappa shape index (κ1) is 18.9. The molecule has 0 saturated carbocycles. The van der Waals surface area contributed by atoms with Gasteiger partial charge in [0, 0.05) is 45.7 Å². The maximum Gasteiger partial charge on any atom is 0.252 e. The molecule has 1 aromatic carbocycles. The largest absolute Gasteiger partial charge is 0.456 e. The third-order valence-corrected chi connectivity index (χ3v) is 6.61. The molecule has 0 spiro atoms. The number of hydrogen-bond acceptors (Lipinski definition) is 6. The number of aryl methyl sites for hydroxylation is 1. The van der Waals surface area contributed by atoms with Gasteiger partial charge in [-0.05, 0) is 45.3 Å². The lowest BCUT2D eigenvalue weighted by Crippen LogP contribution is -2.18. The van der Waals surface area contributed by atoms with Crippen LogP contribution in [-0.2, 0) is 6.54 Å². The number of nitrogens with zero attached hydrogens (tertiary/aromatic N) is 2. The van der Waals surface area contributed by atoms with E-state index in [9.17, 15) is 4.79 Å². The number of amides is 1. The van der Waals surface area contributed by atoms with Crippen molar-refractivity contribution in [1.29, 1.82) is 0 Å². The third-order valence-electron chi connectivity index (χ3n) is 4.42. The van der Waals surface area contributed by atoms with E-state index in [1.165, 1.54) is 4.88 Å². The summed E-state index contributed by atoms with van der Waals surface area (Å²) in [4.78, 5) is 21.0. The van der Waals surface area contributed by atoms with Gasteiger partial charge in [-0.25, -0.2) is 0 Å². The summed E-state index contributed by atoms with van der Waals surface area (Å²) in [6.45, 7) is 2.85. The van der Waals surface area contributed by atoms with E-state index in [4.69, 9.17) is 4.74 Å². The zero-order valence-corrected chi connectivity index (χ0v) is 17.8. The Hall–Kier alpha value is -2.48. The minimum absolute atomic E-state index is 0.0553. The quantitative estimate of drug-likeness (QED) is 0.500. The first-order valence-electron chi connectivity index (χ1n) is 8.91. The van der Waals surface area contributed by atoms with Crippen molar-refractivity contribution in [3.05, 3.63) is 51.8 Å². The molecule has 4 aromatic rings. The van der Waals surface area contributed by atoms with Crippen LogP contribution in [0.15, 0.2) is 36.5 Å². The van der Waals surface area contributed by atoms with Crippen LogP contribution < -0.4 is 10.1 Å². The van der Waals surface area contributed by atoms with Crippen LogP contribution in [0.5, 0.6) is 11.5 Å². The Balaban J connectivity index is 1.70. The van der Waals surface area contributed by atoms with Gasteiger partial charge in [0.15, 0.2) is 0 Å². The van der Waals surface area contributed by atoms with Crippen molar-refractivity contribution in [1.82, 2.24) is 15.2 Å². The van der Waals surface area contributed by atoms with E-state index in [1.54, 1.807) is 35.9 Å². The number of rotatable bonds is 5. The standard InChI is InChI=1S/C21H21N3O2S2/c1-12-19(21(25)22-2)15-6-5-13(9-18(15)27-12)26-17-7-8-23-16-10-14(11-24(3)4)28-20(16)17/h5-10H,11H2,1-4H3,(H,22,25). The molecule has 144 valence electrons. The van der Waals surface area contributed by atoms with E-state index < -0.39 is 0 Å². The van der Waals surface area contributed by atoms with Crippen molar-refractivity contribution in [2.24, 2.45) is 0 Å². The van der Waals surface area contributed by atoms with Crippen LogP contribution >= 0.6 is 22.7 Å². The Kier molecular flexibility index (Phi) is 5.05. The minimum Gasteiger partial charge on any atom is -0.456 e. The molecule has 0 fully saturated rings. The summed E-state index contributed by atoms with van der Waals surface area (Å²) < 4.78 is 8.31. The second-order valence-corrected chi connectivity index (χ2v) is 9.24. The smallest absolute Gasteiger partial charge is 0.252 e. The number of pyridine rings is 1. The first-order valence-corrected chi connectivity index (χ1v) is 10.5. The summed E-state index contributed by atoms with van der Waals surface area (Å²) in [5.41, 5.74) is 1.70. The summed E-state index contributed by atoms with van der Waals surface area (Å²) in [5, 5.41) is 3.68. The summed E-state index contributed by atoms with van der Waals surface area (Å²) in [6, 6.07) is 9.90. The van der Waals surface area contributed by atoms with Gasteiger partial charge in [0.25, 0.3) is 5.91 Å². The van der Waals surface area contributed by atoms with Crippen LogP contribution in [0.4, 0.5) is 0 Å². The fourth-order valence-corrected chi connectivity index (χ4v) is 5.50. The van der Waals surface area contributed by atoms with Gasteiger partial charge >= 0.3 is 0 Å². The van der Waals surface area contributed by atoms with Crippen molar-refractivity contribution in [2.75, 3.05) is 21.1 Å². The number of carbonyl (C=O) groups is 1. The van der Waals surface area contributed by atoms with Gasteiger partial charge < -0.3 is 15.0 Å². The van der Waals surface area contributed by atoms with E-state index in [0.29, 0.717) is 0 Å². The molecule has 7 heteroatoms. The van der Waals surface area contributed by atoms with Gasteiger partial charge in [-0.15, -0.1) is 22.7 Å². The molecule has 28 heavy (non-hydrogen) atoms. The molecule has 0 radical (unpaired) electrons. The zero-order chi connectivity index (χ0) is 19.8. The van der Waals surface area contributed by atoms with Crippen LogP contribution in [0.3, 0.4) is 0 Å². The van der Waals surface area contributed by atoms with Crippen LogP contribution in [0.25, 0.3) is 20.3 Å². The predicted molar refractivity (Wildman–Crippen MR) is 117 cm³/mol. The topological polar surface area (TPSA) is 54.5 Å². The van der Waals surface area contributed by atoms with E-state index >= 15 is 0 Å². The summed E-state index contributed by atoms with van der Waals surface area (Å²) in [7, 11) is 5.77. The average Bonchev–Trinajstić information content (AvgIpc) is 3.20. The fraction of sp³-hybridized carbons (Fsp3) is 0.238. The third kappa shape index (κ3) is 3.48. The molecule has 0 saturated heterocycles. The number of carbonyl (C=O) groups excluding carboxylic acids is 1. The van der Waals surface area contributed by atoms with Gasteiger partial charge in [-0.3, -0.25) is 9.78 Å². The Bertz CT molecular complexity index is 1180. The number of hydrogen-bond donors (Lipinski definition) is 1. The second kappa shape index (κ2) is 7.50. The van der Waals surface area contributed by atoms with E-state index in [1.807, 2.05) is 31.2 Å². The maximum absolute atomic E-state index is 12.2. The number of aromatic nitrogens is 1. The Morgan fingerprint density at radius 2 is 2.04 bits per heavy atom. The lowest BCUT2D eigenvalue weighted by molar-refractivity contribution is 0.0964. The van der Waals surface area contributed by atoms with Crippen molar-refractivity contribution in [3.8, 4) is 11.5 Å². The second-order valence-electron chi connectivity index (χ2n) is 6.85. The molecule has 3 heterocycles. The van der Waals surface area contributed by atoms with Crippen LogP contribution in [0.2, 0.25) is 0 Å². The Morgan fingerprint density at radius 1 is 1.21 bits per heavy atom. The highest BCUT2D eigenvalue weighted by atomic mass is 32.1. The molecular formula is C21H21N3O2S2. The predicted octanol–water partition coefficient (Wildman–Crippen LogP) is 5.03. The molecule has 0 bridgehead atoms. The maximum atomic E-state index is 12.2. The molecule has 0 atom stereocenters. The monoisotopic (exact) mass is 411 g/mol. The Labute approximate surface area is 171 Å². The van der Waals surface area contributed by atoms with Crippen molar-refractivity contribution in [2.45, 2.75) is 13.5 Å². The van der Waals surface area contributed by atoms with Gasteiger partial charge in [-0.2, -0.15) is 0 Å². The molecule has 0 aliphatic carbocycles. The molecule has 1 amide bonds. The molecule has 0 aliphatic rings. The normalized spacial score (nSPS) is 11.5. The molecule has 1 N–H and O–H groups in total. The molecule has 5 nitrogen and oxygen atoms in total. The zero-order valence-electron chi connectivity index (χ0n) is 16.2. The van der Waals surface area contributed by atoms with Crippen LogP contribution in [0, 0.1) is 6.92 Å². The summed E-state index contributed by atoms with van der Waals surface area (Å²) in [6.07, 6.45) is 1.78. The van der Waals surface area contributed by atoms with Gasteiger partial charge in [0.2, 0.25) is 0 Å². The number of ether oxygens (including phenoxy) is 1. The number of benzene rings is 1. The van der Waals surface area contributed by atoms with Crippen LogP contribution in [-0.4, -0.2) is 36.9 Å². The summed E-state index contributed by atoms with van der Waals surface area (Å²) >= 11 is 3.31. The highest BCUT2D eigenvalue weighted by molar-refractivity contribution is 7.19. The SMILES string of the molecule is CNC(=O)c1c(C)sc2cc(Oc3ccnc4cc(CN(C)C)sc34)ccc12. The molecule has 0 aliphatic heterocycles. The minimum atomic E-state index is -0.0553. The van der Waals surface area contributed by atoms with Gasteiger partial charge in [0.1, 0.15) is 11.5 Å². The lowest BCUT2D eigenvalue weighted by Gasteiger charge is -2.07. The van der Waals surface area contributed by atoms with Crippen molar-refractivity contribution >= 4 is 48.9 Å². The first-order chi connectivity index (χ1) is 13.5. The molecular weight excluding hydrogens is 390 g/mol. The highest BCUT2D eigenvalue weighted by Gasteiger charge is 2.16. The lowest BCUT2D eigenvalue weighted by atomic mass is 10.1. The number of fused-ring (bicyclic) bond motifs is 2. The van der Waals surface area contributed by atoms with Crippen LogP contribution in [0.1, 0.15) is 20.1 Å². The fourth-order valence-electron chi connectivity index (χ4n) is 3.23. The number of thiophene rings is 2. The van der Waals surface area contributed by atoms with E-state index in [-0.39, 0.29) is 5.91 Å². The van der Waals surface area contributed by atoms with Crippen molar-refractivity contribution < 1.29 is 9.53 Å². The molecule has 0 unspecified atom stereocenters. The molecule has 4 rings (SSSR count). The number of nitrogens with one attached hydrogen (secondary N) is 1. The Morgan fingerprint density at radius 3 is 2.79 bits per heavy atom. The van der Waals surface area contributed by atoms with Crippen molar-refractivity contribution in [3.63, 3.8) is 0 Å². The molecule has 3 aromatic heterocycles.